The average molecular weight is 164 g/mol. The van der Waals surface area contributed by atoms with E-state index in [1.807, 2.05) is 0 Å². The molecule has 0 bridgehead atoms. The van der Waals surface area contributed by atoms with Crippen LogP contribution in [-0.4, -0.2) is 19.4 Å². The summed E-state index contributed by atoms with van der Waals surface area (Å²) in [6, 6.07) is 0. The largest absolute Gasteiger partial charge is 0.0814 e. The van der Waals surface area contributed by atoms with Gasteiger partial charge in [0.15, 0.2) is 0 Å². The maximum atomic E-state index is 0. The van der Waals surface area contributed by atoms with E-state index in [0.29, 0.717) is 0 Å². The molecule has 0 unspecified atom stereocenters. The maximum Gasteiger partial charge on any atom is 0.0814 e. The summed E-state index contributed by atoms with van der Waals surface area (Å²) in [5, 5.41) is 0. The van der Waals surface area contributed by atoms with E-state index in [1.165, 1.54) is 0 Å². The molecule has 0 aliphatic heterocycles. The van der Waals surface area contributed by atoms with Crippen LogP contribution >= 0.6 is 0 Å². The van der Waals surface area contributed by atoms with Crippen LogP contribution in [0.3, 0.4) is 0 Å². The minimum atomic E-state index is 0. The van der Waals surface area contributed by atoms with Crippen molar-refractivity contribution >= 4 is 19.4 Å². The van der Waals surface area contributed by atoms with Gasteiger partial charge >= 0.3 is 0 Å². The molecule has 0 saturated carbocycles. The fraction of sp³-hybridized carbons (Fsp3) is 0. The van der Waals surface area contributed by atoms with Crippen molar-refractivity contribution in [3.8, 4) is 0 Å². The van der Waals surface area contributed by atoms with Crippen LogP contribution < -0.4 is 0 Å². The van der Waals surface area contributed by atoms with Crippen LogP contribution in [0.1, 0.15) is 0 Å². The minimum Gasteiger partial charge on any atom is -0.0149 e. The van der Waals surface area contributed by atoms with E-state index in [1.54, 1.807) is 0 Å². The Morgan fingerprint density at radius 3 is 1.00 bits per heavy atom. The molecule has 0 spiro atoms. The van der Waals surface area contributed by atoms with Crippen molar-refractivity contribution in [2.45, 2.75) is 0 Å². The molecule has 0 aliphatic rings. The molecule has 4 heteroatoms. The van der Waals surface area contributed by atoms with Crippen molar-refractivity contribution in [2.24, 2.45) is 0 Å². The molecular formula is H7BCoNiSi. The van der Waals surface area contributed by atoms with Crippen molar-refractivity contribution in [3.63, 3.8) is 0 Å². The van der Waals surface area contributed by atoms with Crippen LogP contribution in [0.2, 0.25) is 0 Å². The van der Waals surface area contributed by atoms with E-state index in [-0.39, 0.29) is 52.6 Å². The average Bonchev–Trinajstić information content (AvgIpc) is 0. The molecule has 0 nitrogen and oxygen atoms in total. The summed E-state index contributed by atoms with van der Waals surface area (Å²) in [6.45, 7) is 0. The minimum absolute atomic E-state index is 0. The summed E-state index contributed by atoms with van der Waals surface area (Å²) in [4.78, 5) is 0. The van der Waals surface area contributed by atoms with Crippen LogP contribution in [0.4, 0.5) is 0 Å². The van der Waals surface area contributed by atoms with Gasteiger partial charge in [-0.1, -0.05) is 0 Å². The zero-order valence-corrected chi connectivity index (χ0v) is 2.68. The molecule has 0 aromatic heterocycles. The topological polar surface area (TPSA) is 0 Å². The zero-order chi connectivity index (χ0) is 0. The van der Waals surface area contributed by atoms with Crippen molar-refractivity contribution in [1.29, 1.82) is 0 Å². The molecule has 1 radical (unpaired) electrons. The van der Waals surface area contributed by atoms with E-state index in [4.69, 9.17) is 0 Å². The molecule has 0 atom stereocenters. The number of hydrogen-bond donors (Lipinski definition) is 0. The van der Waals surface area contributed by atoms with Gasteiger partial charge in [0.1, 0.15) is 0 Å². The third-order valence-corrected chi connectivity index (χ3v) is 0. The van der Waals surface area contributed by atoms with E-state index < -0.39 is 0 Å². The monoisotopic (exact) mass is 163 g/mol. The molecule has 0 aromatic carbocycles. The van der Waals surface area contributed by atoms with Gasteiger partial charge in [-0.15, -0.1) is 0 Å². The zero-order valence-electron chi connectivity index (χ0n) is 0.650. The molecule has 33 valence electrons. The second kappa shape index (κ2) is 28.1. The molecule has 4 heavy (non-hydrogen) atoms. The second-order valence-electron chi connectivity index (χ2n) is 0. The number of hydrogen-bond acceptors (Lipinski definition) is 0. The van der Waals surface area contributed by atoms with Gasteiger partial charge < -0.3 is 0 Å². The maximum absolute atomic E-state index is 0. The van der Waals surface area contributed by atoms with Crippen molar-refractivity contribution in [2.75, 3.05) is 0 Å². The van der Waals surface area contributed by atoms with Gasteiger partial charge in [0.25, 0.3) is 0 Å². The van der Waals surface area contributed by atoms with Gasteiger partial charge in [-0.3, -0.25) is 0 Å². The van der Waals surface area contributed by atoms with E-state index in [0.717, 1.165) is 0 Å². The third kappa shape index (κ3) is 10.4. The van der Waals surface area contributed by atoms with Gasteiger partial charge in [0, 0.05) is 33.3 Å². The van der Waals surface area contributed by atoms with Gasteiger partial charge in [0.05, 0.1) is 8.41 Å². The molecule has 0 rings (SSSR count). The third-order valence-electron chi connectivity index (χ3n) is 0. The molecule has 0 fully saturated rings. The summed E-state index contributed by atoms with van der Waals surface area (Å²) in [7, 11) is 0. The van der Waals surface area contributed by atoms with E-state index >= 15 is 0 Å². The first kappa shape index (κ1) is 58.9. The van der Waals surface area contributed by atoms with Gasteiger partial charge in [-0.2, -0.15) is 0 Å². The van der Waals surface area contributed by atoms with Crippen LogP contribution in [0.5, 0.6) is 0 Å². The molecule has 0 aromatic rings. The smallest absolute Gasteiger partial charge is 0.0149 e. The summed E-state index contributed by atoms with van der Waals surface area (Å²) in [6.07, 6.45) is 0. The van der Waals surface area contributed by atoms with Gasteiger partial charge in [0.2, 0.25) is 0 Å². The molecule has 0 aliphatic carbocycles. The Kier molecular flexibility index (Phi) is 414. The normalized spacial score (nSPS) is 0. The Morgan fingerprint density at radius 1 is 1.00 bits per heavy atom. The van der Waals surface area contributed by atoms with Crippen LogP contribution in [0, 0.1) is 0 Å². The number of rotatable bonds is 0. The fourth-order valence-corrected chi connectivity index (χ4v) is 0. The Labute approximate surface area is 52.8 Å². The second-order valence-corrected chi connectivity index (χ2v) is 0. The Hall–Kier alpha value is 1.28. The standard InChI is InChI=1S/BH3.Co.Ni.H4Si/h1H3;;;1H4. The molecule has 0 heterocycles. The first-order valence-electron chi connectivity index (χ1n) is 0. The molecule has 0 N–H and O–H groups in total. The SMILES string of the molecule is B.[Co].[Ni].[SiH4]. The van der Waals surface area contributed by atoms with Gasteiger partial charge in [-0.25, -0.2) is 0 Å². The van der Waals surface area contributed by atoms with Crippen LogP contribution in [0.25, 0.3) is 0 Å². The summed E-state index contributed by atoms with van der Waals surface area (Å²) < 4.78 is 0. The molecule has 0 amide bonds. The van der Waals surface area contributed by atoms with E-state index in [9.17, 15) is 0 Å². The molecule has 0 saturated heterocycles. The summed E-state index contributed by atoms with van der Waals surface area (Å²) in [5.41, 5.74) is 0. The Morgan fingerprint density at radius 2 is 1.00 bits per heavy atom. The van der Waals surface area contributed by atoms with Crippen molar-refractivity contribution < 1.29 is 33.3 Å². The van der Waals surface area contributed by atoms with E-state index in [2.05, 4.69) is 0 Å². The van der Waals surface area contributed by atoms with Crippen molar-refractivity contribution in [1.82, 2.24) is 0 Å². The van der Waals surface area contributed by atoms with Crippen molar-refractivity contribution in [3.05, 3.63) is 0 Å². The molecular weight excluding hydrogens is 157 g/mol. The first-order chi connectivity index (χ1) is 0. The predicted octanol–water partition coefficient (Wildman–Crippen LogP) is -2.64. The Balaban J connectivity index is 0. The fourth-order valence-electron chi connectivity index (χ4n) is 0. The summed E-state index contributed by atoms with van der Waals surface area (Å²) >= 11 is 0. The van der Waals surface area contributed by atoms with Crippen LogP contribution in [-0.2, 0) is 33.3 Å². The first-order valence-corrected chi connectivity index (χ1v) is 0. The predicted molar refractivity (Wildman–Crippen MR) is 21.3 cm³/mol. The van der Waals surface area contributed by atoms with Gasteiger partial charge in [-0.05, 0) is 11.0 Å². The van der Waals surface area contributed by atoms with Crippen LogP contribution in [0.15, 0.2) is 0 Å². The quantitative estimate of drug-likeness (QED) is 0.343. The summed E-state index contributed by atoms with van der Waals surface area (Å²) in [5.74, 6) is 0. The Bertz CT molecular complexity index is 8.00.